The Morgan fingerprint density at radius 3 is 2.77 bits per heavy atom. The minimum Gasteiger partial charge on any atom is -0.385 e. The van der Waals surface area contributed by atoms with Crippen molar-refractivity contribution in [3.05, 3.63) is 29.3 Å². The van der Waals surface area contributed by atoms with Crippen LogP contribution in [0.15, 0.2) is 18.2 Å². The highest BCUT2D eigenvalue weighted by Gasteiger charge is 2.27. The second-order valence-electron chi connectivity index (χ2n) is 6.31. The van der Waals surface area contributed by atoms with Crippen molar-refractivity contribution < 1.29 is 4.79 Å². The van der Waals surface area contributed by atoms with E-state index < -0.39 is 0 Å². The minimum absolute atomic E-state index is 0. The van der Waals surface area contributed by atoms with Gasteiger partial charge in [-0.2, -0.15) is 0 Å². The standard InChI is InChI=1S/C17H25N3O.ClH/c1-19-11-8-13(9-12-19)20(2)17(21)15-5-3-7-16-14(15)6-4-10-18-16;/h3,5,7,13,18H,4,6,8-12H2,1-2H3;1H. The van der Waals surface area contributed by atoms with E-state index in [1.807, 2.05) is 24.1 Å². The van der Waals surface area contributed by atoms with E-state index in [1.54, 1.807) is 0 Å². The molecule has 22 heavy (non-hydrogen) atoms. The lowest BCUT2D eigenvalue weighted by molar-refractivity contribution is 0.0658. The first-order valence-electron chi connectivity index (χ1n) is 7.98. The number of anilines is 1. The number of carbonyl (C=O) groups is 1. The molecule has 0 atom stereocenters. The van der Waals surface area contributed by atoms with Gasteiger partial charge in [-0.25, -0.2) is 0 Å². The van der Waals surface area contributed by atoms with Crippen LogP contribution in [0.4, 0.5) is 5.69 Å². The normalized spacial score (nSPS) is 18.8. The molecule has 1 saturated heterocycles. The molecule has 1 N–H and O–H groups in total. The highest BCUT2D eigenvalue weighted by molar-refractivity contribution is 5.97. The minimum atomic E-state index is 0. The molecule has 0 spiro atoms. The van der Waals surface area contributed by atoms with Gasteiger partial charge in [-0.1, -0.05) is 6.07 Å². The summed E-state index contributed by atoms with van der Waals surface area (Å²) in [6.07, 6.45) is 4.26. The van der Waals surface area contributed by atoms with Gasteiger partial charge < -0.3 is 15.1 Å². The first kappa shape index (κ1) is 17.1. The maximum Gasteiger partial charge on any atom is 0.254 e. The molecule has 0 unspecified atom stereocenters. The topological polar surface area (TPSA) is 35.6 Å². The first-order chi connectivity index (χ1) is 10.2. The van der Waals surface area contributed by atoms with Gasteiger partial charge in [0.15, 0.2) is 0 Å². The molecule has 0 radical (unpaired) electrons. The van der Waals surface area contributed by atoms with E-state index in [9.17, 15) is 4.79 Å². The highest BCUT2D eigenvalue weighted by Crippen LogP contribution is 2.27. The van der Waals surface area contributed by atoms with Gasteiger partial charge in [0.05, 0.1) is 0 Å². The van der Waals surface area contributed by atoms with Crippen molar-refractivity contribution >= 4 is 24.0 Å². The summed E-state index contributed by atoms with van der Waals surface area (Å²) < 4.78 is 0. The quantitative estimate of drug-likeness (QED) is 0.909. The summed E-state index contributed by atoms with van der Waals surface area (Å²) in [5.41, 5.74) is 3.23. The molecule has 0 bridgehead atoms. The number of hydrogen-bond donors (Lipinski definition) is 1. The monoisotopic (exact) mass is 323 g/mol. The summed E-state index contributed by atoms with van der Waals surface area (Å²) in [6.45, 7) is 3.17. The number of fused-ring (bicyclic) bond motifs is 1. The van der Waals surface area contributed by atoms with Gasteiger partial charge in [0.2, 0.25) is 0 Å². The number of hydrogen-bond acceptors (Lipinski definition) is 3. The SMILES string of the molecule is CN1CCC(N(C)C(=O)c2cccc3c2CCCN3)CC1.Cl. The van der Waals surface area contributed by atoms with Crippen LogP contribution in [-0.2, 0) is 6.42 Å². The Kier molecular flexibility index (Phi) is 5.70. The van der Waals surface area contributed by atoms with E-state index in [0.29, 0.717) is 6.04 Å². The van der Waals surface area contributed by atoms with Gasteiger partial charge in [0.1, 0.15) is 0 Å². The van der Waals surface area contributed by atoms with Crippen LogP contribution >= 0.6 is 12.4 Å². The second kappa shape index (κ2) is 7.34. The van der Waals surface area contributed by atoms with Crippen LogP contribution in [0.3, 0.4) is 0 Å². The van der Waals surface area contributed by atoms with Crippen molar-refractivity contribution in [1.29, 1.82) is 0 Å². The van der Waals surface area contributed by atoms with E-state index in [1.165, 1.54) is 5.56 Å². The molecule has 2 aliphatic rings. The number of carbonyl (C=O) groups excluding carboxylic acids is 1. The predicted molar refractivity (Wildman–Crippen MR) is 93.1 cm³/mol. The van der Waals surface area contributed by atoms with Crippen LogP contribution in [-0.4, -0.2) is 55.5 Å². The molecule has 1 aromatic carbocycles. The third-order valence-corrected chi connectivity index (χ3v) is 4.88. The summed E-state index contributed by atoms with van der Waals surface area (Å²) in [4.78, 5) is 17.2. The van der Waals surface area contributed by atoms with Crippen molar-refractivity contribution in [2.45, 2.75) is 31.7 Å². The lowest BCUT2D eigenvalue weighted by Gasteiger charge is -2.35. The van der Waals surface area contributed by atoms with Crippen LogP contribution in [0.2, 0.25) is 0 Å². The smallest absolute Gasteiger partial charge is 0.254 e. The fourth-order valence-corrected chi connectivity index (χ4v) is 3.45. The van der Waals surface area contributed by atoms with Gasteiger partial charge in [-0.15, -0.1) is 12.4 Å². The Morgan fingerprint density at radius 2 is 2.05 bits per heavy atom. The van der Waals surface area contributed by atoms with Gasteiger partial charge in [-0.05, 0) is 63.5 Å². The molecule has 1 amide bonds. The molecule has 3 rings (SSSR count). The summed E-state index contributed by atoms with van der Waals surface area (Å²) in [5, 5.41) is 3.40. The first-order valence-corrected chi connectivity index (χ1v) is 7.98. The van der Waals surface area contributed by atoms with Gasteiger partial charge >= 0.3 is 0 Å². The third kappa shape index (κ3) is 3.39. The van der Waals surface area contributed by atoms with E-state index in [-0.39, 0.29) is 18.3 Å². The summed E-state index contributed by atoms with van der Waals surface area (Å²) in [5.74, 6) is 0.185. The van der Waals surface area contributed by atoms with Crippen molar-refractivity contribution in [3.8, 4) is 0 Å². The van der Waals surface area contributed by atoms with Crippen molar-refractivity contribution in [3.63, 3.8) is 0 Å². The average molecular weight is 324 g/mol. The number of benzene rings is 1. The van der Waals surface area contributed by atoms with Crippen molar-refractivity contribution in [1.82, 2.24) is 9.80 Å². The average Bonchev–Trinajstić information content (AvgIpc) is 2.53. The zero-order valence-electron chi connectivity index (χ0n) is 13.5. The molecule has 122 valence electrons. The Balaban J connectivity index is 0.00000176. The molecule has 0 saturated carbocycles. The zero-order valence-corrected chi connectivity index (χ0v) is 14.3. The van der Waals surface area contributed by atoms with Gasteiger partial charge in [0, 0.05) is 30.9 Å². The molecule has 2 aliphatic heterocycles. The zero-order chi connectivity index (χ0) is 14.8. The number of piperidine rings is 1. The number of rotatable bonds is 2. The van der Waals surface area contributed by atoms with E-state index in [4.69, 9.17) is 0 Å². The Morgan fingerprint density at radius 1 is 1.32 bits per heavy atom. The summed E-state index contributed by atoms with van der Waals surface area (Å²) >= 11 is 0. The van der Waals surface area contributed by atoms with Crippen LogP contribution in [0.25, 0.3) is 0 Å². The lowest BCUT2D eigenvalue weighted by atomic mass is 9.95. The van der Waals surface area contributed by atoms with E-state index >= 15 is 0 Å². The molecular formula is C17H26ClN3O. The van der Waals surface area contributed by atoms with Crippen LogP contribution in [0.5, 0.6) is 0 Å². The third-order valence-electron chi connectivity index (χ3n) is 4.88. The molecule has 5 heteroatoms. The highest BCUT2D eigenvalue weighted by atomic mass is 35.5. The summed E-state index contributed by atoms with van der Waals surface area (Å²) in [6, 6.07) is 6.44. The maximum absolute atomic E-state index is 12.9. The largest absolute Gasteiger partial charge is 0.385 e. The number of nitrogens with one attached hydrogen (secondary N) is 1. The second-order valence-corrected chi connectivity index (χ2v) is 6.31. The van der Waals surface area contributed by atoms with Crippen LogP contribution in [0, 0.1) is 0 Å². The van der Waals surface area contributed by atoms with Gasteiger partial charge in [-0.3, -0.25) is 4.79 Å². The molecule has 0 aromatic heterocycles. The Labute approximate surface area is 139 Å². The fraction of sp³-hybridized carbons (Fsp3) is 0.588. The molecule has 4 nitrogen and oxygen atoms in total. The predicted octanol–water partition coefficient (Wildman–Crippen LogP) is 2.63. The lowest BCUT2D eigenvalue weighted by Crippen LogP contribution is -2.44. The maximum atomic E-state index is 12.9. The molecular weight excluding hydrogens is 298 g/mol. The molecule has 0 aliphatic carbocycles. The van der Waals surface area contributed by atoms with E-state index in [2.05, 4.69) is 23.3 Å². The van der Waals surface area contributed by atoms with Crippen molar-refractivity contribution in [2.75, 3.05) is 39.0 Å². The Bertz CT molecular complexity index is 527. The van der Waals surface area contributed by atoms with Crippen LogP contribution < -0.4 is 5.32 Å². The van der Waals surface area contributed by atoms with Gasteiger partial charge in [0.25, 0.3) is 5.91 Å². The fourth-order valence-electron chi connectivity index (χ4n) is 3.45. The number of nitrogens with zero attached hydrogens (tertiary/aromatic N) is 2. The Hall–Kier alpha value is -1.26. The summed E-state index contributed by atoms with van der Waals surface area (Å²) in [7, 11) is 4.12. The number of halogens is 1. The number of amides is 1. The molecule has 2 heterocycles. The van der Waals surface area contributed by atoms with Crippen molar-refractivity contribution in [2.24, 2.45) is 0 Å². The van der Waals surface area contributed by atoms with E-state index in [0.717, 1.165) is 56.6 Å². The number of likely N-dealkylation sites (tertiary alicyclic amines) is 1. The molecule has 1 fully saturated rings. The molecule has 1 aromatic rings. The van der Waals surface area contributed by atoms with Crippen LogP contribution in [0.1, 0.15) is 35.2 Å².